The van der Waals surface area contributed by atoms with E-state index in [4.69, 9.17) is 0 Å². The van der Waals surface area contributed by atoms with Crippen molar-refractivity contribution in [1.29, 1.82) is 0 Å². The number of imidazole rings is 1. The first-order valence-electron chi connectivity index (χ1n) is 10.7. The summed E-state index contributed by atoms with van der Waals surface area (Å²) in [6, 6.07) is 24.9. The van der Waals surface area contributed by atoms with Crippen molar-refractivity contribution in [2.75, 3.05) is 5.32 Å². The van der Waals surface area contributed by atoms with Gasteiger partial charge in [0.15, 0.2) is 0 Å². The first kappa shape index (κ1) is 19.5. The van der Waals surface area contributed by atoms with E-state index in [1.807, 2.05) is 37.4 Å². The van der Waals surface area contributed by atoms with Gasteiger partial charge in [0.25, 0.3) is 0 Å². The molecule has 5 nitrogen and oxygen atoms in total. The van der Waals surface area contributed by atoms with Gasteiger partial charge in [0.05, 0.1) is 11.0 Å². The van der Waals surface area contributed by atoms with Gasteiger partial charge in [-0.1, -0.05) is 48.5 Å². The second-order valence-corrected chi connectivity index (χ2v) is 8.24. The zero-order valence-electron chi connectivity index (χ0n) is 17.7. The first-order valence-corrected chi connectivity index (χ1v) is 10.7. The molecule has 31 heavy (non-hydrogen) atoms. The molecule has 0 aliphatic carbocycles. The Labute approximate surface area is 182 Å². The monoisotopic (exact) mass is 410 g/mol. The van der Waals surface area contributed by atoms with Crippen LogP contribution in [0.3, 0.4) is 0 Å². The minimum absolute atomic E-state index is 0.0196. The van der Waals surface area contributed by atoms with Crippen LogP contribution < -0.4 is 5.32 Å². The fourth-order valence-corrected chi connectivity index (χ4v) is 4.36. The second-order valence-electron chi connectivity index (χ2n) is 8.24. The average Bonchev–Trinajstić information content (AvgIpc) is 3.33. The standard InChI is InChI=1S/C26H26N4O/c1-29-24-10-6-5-9-23(24)28-25(29)13-14-26(31)27-22-12-11-20-17-30(18-21(20)15-22)16-19-7-3-2-4-8-19/h2-12,15H,13-14,16-18H2,1H3,(H,27,31). The van der Waals surface area contributed by atoms with Crippen LogP contribution in [0, 0.1) is 0 Å². The first-order chi connectivity index (χ1) is 15.2. The zero-order chi connectivity index (χ0) is 21.2. The van der Waals surface area contributed by atoms with E-state index in [0.29, 0.717) is 12.8 Å². The minimum Gasteiger partial charge on any atom is -0.331 e. The Morgan fingerprint density at radius 3 is 2.58 bits per heavy atom. The number of rotatable bonds is 6. The van der Waals surface area contributed by atoms with Crippen LogP contribution in [-0.2, 0) is 37.9 Å². The summed E-state index contributed by atoms with van der Waals surface area (Å²) >= 11 is 0. The third kappa shape index (κ3) is 4.23. The molecule has 1 aliphatic heterocycles. The lowest BCUT2D eigenvalue weighted by Crippen LogP contribution is -2.15. The van der Waals surface area contributed by atoms with E-state index in [1.54, 1.807) is 0 Å². The van der Waals surface area contributed by atoms with Crippen LogP contribution in [0.5, 0.6) is 0 Å². The predicted molar refractivity (Wildman–Crippen MR) is 123 cm³/mol. The molecule has 156 valence electrons. The van der Waals surface area contributed by atoms with Crippen molar-refractivity contribution in [3.8, 4) is 0 Å². The number of nitrogens with zero attached hydrogens (tertiary/aromatic N) is 3. The molecule has 0 spiro atoms. The number of aryl methyl sites for hydroxylation is 2. The van der Waals surface area contributed by atoms with Crippen molar-refractivity contribution in [3.05, 3.63) is 95.3 Å². The number of carbonyl (C=O) groups excluding carboxylic acids is 1. The van der Waals surface area contributed by atoms with Crippen molar-refractivity contribution >= 4 is 22.6 Å². The van der Waals surface area contributed by atoms with Crippen molar-refractivity contribution < 1.29 is 4.79 Å². The van der Waals surface area contributed by atoms with E-state index in [2.05, 4.69) is 62.2 Å². The maximum atomic E-state index is 12.6. The number of hydrogen-bond acceptors (Lipinski definition) is 3. The predicted octanol–water partition coefficient (Wildman–Crippen LogP) is 4.66. The number of benzene rings is 3. The number of amides is 1. The van der Waals surface area contributed by atoms with E-state index in [-0.39, 0.29) is 5.91 Å². The van der Waals surface area contributed by atoms with E-state index >= 15 is 0 Å². The van der Waals surface area contributed by atoms with Gasteiger partial charge in [0.1, 0.15) is 5.82 Å². The molecular formula is C26H26N4O. The highest BCUT2D eigenvalue weighted by Crippen LogP contribution is 2.27. The van der Waals surface area contributed by atoms with Crippen LogP contribution in [-0.4, -0.2) is 20.4 Å². The fraction of sp³-hybridized carbons (Fsp3) is 0.231. The molecule has 5 heteroatoms. The number of para-hydroxylation sites is 2. The van der Waals surface area contributed by atoms with Crippen LogP contribution in [0.2, 0.25) is 0 Å². The highest BCUT2D eigenvalue weighted by Gasteiger charge is 2.19. The molecule has 0 radical (unpaired) electrons. The lowest BCUT2D eigenvalue weighted by Gasteiger charge is -2.14. The molecule has 4 aromatic rings. The molecule has 3 aromatic carbocycles. The van der Waals surface area contributed by atoms with Crippen molar-refractivity contribution in [2.24, 2.45) is 7.05 Å². The number of nitrogens with one attached hydrogen (secondary N) is 1. The Hall–Kier alpha value is -3.44. The van der Waals surface area contributed by atoms with Gasteiger partial charge < -0.3 is 9.88 Å². The van der Waals surface area contributed by atoms with Gasteiger partial charge in [-0.25, -0.2) is 4.98 Å². The van der Waals surface area contributed by atoms with E-state index in [0.717, 1.165) is 42.2 Å². The molecule has 5 rings (SSSR count). The number of anilines is 1. The van der Waals surface area contributed by atoms with Gasteiger partial charge in [-0.2, -0.15) is 0 Å². The summed E-state index contributed by atoms with van der Waals surface area (Å²) in [5.41, 5.74) is 6.90. The van der Waals surface area contributed by atoms with Gasteiger partial charge in [0.2, 0.25) is 5.91 Å². The summed E-state index contributed by atoms with van der Waals surface area (Å²) in [6.45, 7) is 2.80. The Morgan fingerprint density at radius 1 is 0.968 bits per heavy atom. The maximum Gasteiger partial charge on any atom is 0.224 e. The number of hydrogen-bond donors (Lipinski definition) is 1. The fourth-order valence-electron chi connectivity index (χ4n) is 4.36. The normalized spacial score (nSPS) is 13.5. The quantitative estimate of drug-likeness (QED) is 0.503. The molecule has 0 saturated carbocycles. The molecule has 1 aromatic heterocycles. The molecule has 1 amide bonds. The Kier molecular flexibility index (Phi) is 5.26. The summed E-state index contributed by atoms with van der Waals surface area (Å²) in [7, 11) is 2.00. The van der Waals surface area contributed by atoms with Crippen molar-refractivity contribution in [3.63, 3.8) is 0 Å². The summed E-state index contributed by atoms with van der Waals surface area (Å²) in [5.74, 6) is 0.952. The van der Waals surface area contributed by atoms with E-state index in [9.17, 15) is 4.79 Å². The molecule has 0 bridgehead atoms. The van der Waals surface area contributed by atoms with Gasteiger partial charge in [-0.15, -0.1) is 0 Å². The lowest BCUT2D eigenvalue weighted by molar-refractivity contribution is -0.116. The van der Waals surface area contributed by atoms with Gasteiger partial charge in [-0.3, -0.25) is 9.69 Å². The van der Waals surface area contributed by atoms with Crippen molar-refractivity contribution in [1.82, 2.24) is 14.5 Å². The van der Waals surface area contributed by atoms with Crippen molar-refractivity contribution in [2.45, 2.75) is 32.5 Å². The summed E-state index contributed by atoms with van der Waals surface area (Å²) in [5, 5.41) is 3.07. The maximum absolute atomic E-state index is 12.6. The van der Waals surface area contributed by atoms with Crippen LogP contribution in [0.25, 0.3) is 11.0 Å². The summed E-state index contributed by atoms with van der Waals surface area (Å²) in [4.78, 5) is 19.6. The number of carbonyl (C=O) groups is 1. The molecule has 1 N–H and O–H groups in total. The SMILES string of the molecule is Cn1c(CCC(=O)Nc2ccc3c(c2)CN(Cc2ccccc2)C3)nc2ccccc21. The third-order valence-electron chi connectivity index (χ3n) is 5.98. The minimum atomic E-state index is 0.0196. The Morgan fingerprint density at radius 2 is 1.74 bits per heavy atom. The number of fused-ring (bicyclic) bond motifs is 2. The van der Waals surface area contributed by atoms with Crippen LogP contribution in [0.1, 0.15) is 28.9 Å². The number of aromatic nitrogens is 2. The van der Waals surface area contributed by atoms with Gasteiger partial charge >= 0.3 is 0 Å². The molecule has 0 saturated heterocycles. The van der Waals surface area contributed by atoms with Crippen LogP contribution in [0.4, 0.5) is 5.69 Å². The molecule has 0 unspecified atom stereocenters. The zero-order valence-corrected chi connectivity index (χ0v) is 17.7. The smallest absolute Gasteiger partial charge is 0.224 e. The Balaban J connectivity index is 1.19. The average molecular weight is 411 g/mol. The van der Waals surface area contributed by atoms with E-state index in [1.165, 1.54) is 16.7 Å². The molecule has 1 aliphatic rings. The summed E-state index contributed by atoms with van der Waals surface area (Å²) < 4.78 is 2.07. The van der Waals surface area contributed by atoms with Gasteiger partial charge in [0, 0.05) is 45.2 Å². The third-order valence-corrected chi connectivity index (χ3v) is 5.98. The molecule has 0 atom stereocenters. The molecule has 0 fully saturated rings. The van der Waals surface area contributed by atoms with E-state index < -0.39 is 0 Å². The Bertz CT molecular complexity index is 1230. The second kappa shape index (κ2) is 8.36. The highest BCUT2D eigenvalue weighted by molar-refractivity contribution is 5.91. The largest absolute Gasteiger partial charge is 0.331 e. The van der Waals surface area contributed by atoms with Crippen LogP contribution >= 0.6 is 0 Å². The topological polar surface area (TPSA) is 50.2 Å². The molecule has 2 heterocycles. The van der Waals surface area contributed by atoms with Gasteiger partial charge in [-0.05, 0) is 41.0 Å². The summed E-state index contributed by atoms with van der Waals surface area (Å²) in [6.07, 6.45) is 1.03. The van der Waals surface area contributed by atoms with Crippen LogP contribution in [0.15, 0.2) is 72.8 Å². The highest BCUT2D eigenvalue weighted by atomic mass is 16.1. The molecular weight excluding hydrogens is 384 g/mol. The lowest BCUT2D eigenvalue weighted by atomic mass is 10.1.